The van der Waals surface area contributed by atoms with Crippen molar-refractivity contribution >= 4 is 28.2 Å². The second-order valence-corrected chi connectivity index (χ2v) is 4.55. The van der Waals surface area contributed by atoms with Gasteiger partial charge in [-0.05, 0) is 25.4 Å². The molecule has 0 bridgehead atoms. The Morgan fingerprint density at radius 2 is 2.38 bits per heavy atom. The summed E-state index contributed by atoms with van der Waals surface area (Å²) < 4.78 is 47.9. The Morgan fingerprint density at radius 3 is 3.14 bits per heavy atom. The van der Waals surface area contributed by atoms with Gasteiger partial charge in [-0.2, -0.15) is 0 Å². The first-order chi connectivity index (χ1) is 12.5. The lowest BCUT2D eigenvalue weighted by Crippen LogP contribution is -2.36. The van der Waals surface area contributed by atoms with E-state index in [2.05, 4.69) is 4.98 Å². The molecule has 3 atom stereocenters. The fourth-order valence-electron chi connectivity index (χ4n) is 2.22. The number of hydrogen-bond acceptors (Lipinski definition) is 5. The zero-order valence-corrected chi connectivity index (χ0v) is 10.8. The molecule has 6 nitrogen and oxygen atoms in total. The number of hydrogen-bond donors (Lipinski definition) is 1. The standard InChI is InChI=1S/C15H15N3O3/c1-8-17-11-4-2-3-10(16)14(11)15(21)18(8)12-6-5-9(19)7-13(12)20/h2-4,12H,5-7,16H2,1H3/i1D2,3D,5D,6D,12D. The van der Waals surface area contributed by atoms with E-state index in [1.165, 1.54) is 12.1 Å². The third kappa shape index (κ3) is 2.12. The van der Waals surface area contributed by atoms with Crippen LogP contribution in [-0.2, 0) is 9.59 Å². The van der Waals surface area contributed by atoms with Crippen LogP contribution >= 0.6 is 0 Å². The molecule has 0 spiro atoms. The summed E-state index contributed by atoms with van der Waals surface area (Å²) in [5.74, 6) is -2.51. The molecule has 1 aromatic heterocycles. The lowest BCUT2D eigenvalue weighted by Gasteiger charge is -2.24. The third-order valence-electron chi connectivity index (χ3n) is 3.18. The van der Waals surface area contributed by atoms with E-state index in [1.54, 1.807) is 0 Å². The highest BCUT2D eigenvalue weighted by atomic mass is 16.2. The quantitative estimate of drug-likeness (QED) is 0.628. The normalized spacial score (nSPS) is 34.0. The van der Waals surface area contributed by atoms with Gasteiger partial charge in [0.1, 0.15) is 11.6 Å². The van der Waals surface area contributed by atoms with Crippen LogP contribution in [0.2, 0.25) is 0 Å². The molecule has 3 rings (SSSR count). The van der Waals surface area contributed by atoms with Crippen LogP contribution in [0.25, 0.3) is 10.9 Å². The number of aryl methyl sites for hydroxylation is 1. The van der Waals surface area contributed by atoms with Crippen LogP contribution in [0.5, 0.6) is 0 Å². The summed E-state index contributed by atoms with van der Waals surface area (Å²) in [7, 11) is 0. The topological polar surface area (TPSA) is 95.0 Å². The van der Waals surface area contributed by atoms with Gasteiger partial charge >= 0.3 is 0 Å². The summed E-state index contributed by atoms with van der Waals surface area (Å²) >= 11 is 0. The van der Waals surface area contributed by atoms with Gasteiger partial charge in [0.2, 0.25) is 0 Å². The van der Waals surface area contributed by atoms with E-state index in [9.17, 15) is 14.4 Å². The van der Waals surface area contributed by atoms with Crippen LogP contribution in [0.1, 0.15) is 39.3 Å². The molecule has 108 valence electrons. The number of nitrogens with two attached hydrogens (primary N) is 1. The second kappa shape index (κ2) is 4.80. The summed E-state index contributed by atoms with van der Waals surface area (Å²) in [6.07, 6.45) is -4.52. The van der Waals surface area contributed by atoms with Crippen LogP contribution < -0.4 is 11.3 Å². The highest BCUT2D eigenvalue weighted by molar-refractivity contribution is 6.03. The van der Waals surface area contributed by atoms with Crippen LogP contribution in [0.4, 0.5) is 5.69 Å². The summed E-state index contributed by atoms with van der Waals surface area (Å²) in [5.41, 5.74) is 4.45. The van der Waals surface area contributed by atoms with Gasteiger partial charge in [-0.3, -0.25) is 19.0 Å². The number of fused-ring (bicyclic) bond motifs is 1. The van der Waals surface area contributed by atoms with Crippen molar-refractivity contribution in [3.8, 4) is 0 Å². The number of benzene rings is 1. The molecule has 0 amide bonds. The number of rotatable bonds is 1. The van der Waals surface area contributed by atoms with Gasteiger partial charge in [-0.15, -0.1) is 0 Å². The molecule has 1 saturated carbocycles. The first-order valence-electron chi connectivity index (χ1n) is 9.40. The number of nitrogen functional groups attached to an aromatic ring is 1. The van der Waals surface area contributed by atoms with E-state index in [0.717, 1.165) is 0 Å². The van der Waals surface area contributed by atoms with Gasteiger partial charge in [0, 0.05) is 17.6 Å². The van der Waals surface area contributed by atoms with E-state index in [0.29, 0.717) is 4.57 Å². The summed E-state index contributed by atoms with van der Waals surface area (Å²) in [4.78, 5) is 41.3. The molecule has 0 aliphatic heterocycles. The van der Waals surface area contributed by atoms with Crippen molar-refractivity contribution in [3.63, 3.8) is 0 Å². The van der Waals surface area contributed by atoms with Gasteiger partial charge in [0.15, 0.2) is 5.78 Å². The summed E-state index contributed by atoms with van der Waals surface area (Å²) in [6.45, 7) is -1.89. The summed E-state index contributed by atoms with van der Waals surface area (Å²) in [6, 6.07) is -0.340. The average molecular weight is 291 g/mol. The Kier molecular flexibility index (Phi) is 1.84. The monoisotopic (exact) mass is 291 g/mol. The molecule has 1 heterocycles. The lowest BCUT2D eigenvalue weighted by atomic mass is 9.92. The van der Waals surface area contributed by atoms with Gasteiger partial charge in [-0.25, -0.2) is 4.98 Å². The van der Waals surface area contributed by atoms with Gasteiger partial charge in [0.25, 0.3) is 5.56 Å². The third-order valence-corrected chi connectivity index (χ3v) is 3.18. The molecule has 1 aliphatic rings. The van der Waals surface area contributed by atoms with Crippen molar-refractivity contribution in [1.82, 2.24) is 9.55 Å². The molecule has 1 aliphatic carbocycles. The van der Waals surface area contributed by atoms with Gasteiger partial charge < -0.3 is 5.73 Å². The first-order valence-corrected chi connectivity index (χ1v) is 6.09. The Morgan fingerprint density at radius 1 is 1.57 bits per heavy atom. The number of nitrogens with zero attached hydrogens (tertiary/aromatic N) is 2. The van der Waals surface area contributed by atoms with E-state index >= 15 is 0 Å². The van der Waals surface area contributed by atoms with E-state index in [4.69, 9.17) is 14.0 Å². The first kappa shape index (κ1) is 8.07. The zero-order valence-electron chi connectivity index (χ0n) is 16.8. The van der Waals surface area contributed by atoms with E-state index in [1.807, 2.05) is 0 Å². The van der Waals surface area contributed by atoms with E-state index < -0.39 is 55.1 Å². The Balaban J connectivity index is 2.46. The molecule has 2 aromatic rings. The van der Waals surface area contributed by atoms with Crippen LogP contribution in [-0.4, -0.2) is 21.1 Å². The van der Waals surface area contributed by atoms with Crippen LogP contribution in [0.3, 0.4) is 0 Å². The molecule has 0 saturated heterocycles. The zero-order chi connectivity index (χ0) is 20.3. The smallest absolute Gasteiger partial charge is 0.264 e. The lowest BCUT2D eigenvalue weighted by molar-refractivity contribution is -0.132. The van der Waals surface area contributed by atoms with Gasteiger partial charge in [-0.1, -0.05) is 6.07 Å². The van der Waals surface area contributed by atoms with Crippen molar-refractivity contribution in [2.75, 3.05) is 5.73 Å². The SMILES string of the molecule is [2H]c1ccc2nc(C([2H])[2H])n(C3([2H])C(=O)CC(=O)C([2H])C3[2H])c(=O)c2c1N. The van der Waals surface area contributed by atoms with Crippen molar-refractivity contribution < 1.29 is 17.8 Å². The largest absolute Gasteiger partial charge is 0.398 e. The molecular weight excluding hydrogens is 270 g/mol. The average Bonchev–Trinajstić information content (AvgIpc) is 2.61. The minimum absolute atomic E-state index is 0.0175. The maximum Gasteiger partial charge on any atom is 0.264 e. The van der Waals surface area contributed by atoms with E-state index in [-0.39, 0.29) is 22.6 Å². The highest BCUT2D eigenvalue weighted by Crippen LogP contribution is 2.24. The van der Waals surface area contributed by atoms with Crippen molar-refractivity contribution in [3.05, 3.63) is 34.4 Å². The van der Waals surface area contributed by atoms with Crippen molar-refractivity contribution in [2.45, 2.75) is 32.1 Å². The van der Waals surface area contributed by atoms with Crippen LogP contribution in [0, 0.1) is 6.88 Å². The second-order valence-electron chi connectivity index (χ2n) is 4.55. The number of aromatic nitrogens is 2. The molecular formula is C15H15N3O3. The number of Topliss-reactive ketones (excluding diaryl/α,β-unsaturated/α-hetero) is 2. The Labute approximate surface area is 129 Å². The number of carbonyl (C=O) groups is 2. The predicted molar refractivity (Wildman–Crippen MR) is 78.1 cm³/mol. The maximum atomic E-state index is 13.1. The Hall–Kier alpha value is -2.50. The predicted octanol–water partition coefficient (Wildman–Crippen LogP) is 1.15. The fraction of sp³-hybridized carbons (Fsp3) is 0.333. The molecule has 2 N–H and O–H groups in total. The molecule has 1 aromatic carbocycles. The van der Waals surface area contributed by atoms with Crippen molar-refractivity contribution in [2.24, 2.45) is 0 Å². The number of anilines is 1. The van der Waals surface area contributed by atoms with Gasteiger partial charge in [0.05, 0.1) is 26.1 Å². The number of ketones is 2. The number of carbonyl (C=O) groups excluding carboxylic acids is 2. The highest BCUT2D eigenvalue weighted by Gasteiger charge is 2.30. The summed E-state index contributed by atoms with van der Waals surface area (Å²) in [5, 5.41) is -0.281. The Bertz CT molecular complexity index is 1040. The minimum atomic E-state index is -2.71. The molecule has 21 heavy (non-hydrogen) atoms. The fourth-order valence-corrected chi connectivity index (χ4v) is 2.22. The minimum Gasteiger partial charge on any atom is -0.398 e. The van der Waals surface area contributed by atoms with Crippen LogP contribution in [0.15, 0.2) is 23.0 Å². The molecule has 3 unspecified atom stereocenters. The van der Waals surface area contributed by atoms with Crippen molar-refractivity contribution in [1.29, 1.82) is 0 Å². The maximum absolute atomic E-state index is 13.1. The molecule has 0 radical (unpaired) electrons. The molecule has 1 fully saturated rings. The molecule has 6 heteroatoms.